The Morgan fingerprint density at radius 2 is 2.00 bits per heavy atom. The van der Waals surface area contributed by atoms with Crippen molar-refractivity contribution >= 4 is 28.3 Å². The molecule has 0 aliphatic carbocycles. The van der Waals surface area contributed by atoms with Crippen molar-refractivity contribution in [2.75, 3.05) is 5.32 Å². The number of benzene rings is 2. The fourth-order valence-electron chi connectivity index (χ4n) is 2.94. The molecule has 0 saturated heterocycles. The number of hydrogen-bond donors (Lipinski definition) is 1. The van der Waals surface area contributed by atoms with Gasteiger partial charge < -0.3 is 5.32 Å². The van der Waals surface area contributed by atoms with E-state index in [1.54, 1.807) is 49.4 Å². The van der Waals surface area contributed by atoms with Gasteiger partial charge in [0, 0.05) is 11.3 Å². The van der Waals surface area contributed by atoms with Crippen molar-refractivity contribution in [1.82, 2.24) is 15.0 Å². The molecule has 124 valence electrons. The number of nitrogens with zero attached hydrogens (tertiary/aromatic N) is 3. The molecule has 1 aliphatic rings. The molecule has 7 nitrogen and oxygen atoms in total. The fraction of sp³-hybridized carbons (Fsp3) is 0.167. The van der Waals surface area contributed by atoms with Gasteiger partial charge in [-0.25, -0.2) is 4.68 Å². The van der Waals surface area contributed by atoms with Gasteiger partial charge in [-0.15, -0.1) is 5.10 Å². The molecule has 25 heavy (non-hydrogen) atoms. The van der Waals surface area contributed by atoms with Crippen molar-refractivity contribution < 1.29 is 9.59 Å². The van der Waals surface area contributed by atoms with E-state index in [0.717, 1.165) is 15.9 Å². The molecule has 7 heteroatoms. The van der Waals surface area contributed by atoms with Crippen LogP contribution in [0.15, 0.2) is 47.3 Å². The fourth-order valence-corrected chi connectivity index (χ4v) is 2.94. The van der Waals surface area contributed by atoms with Crippen LogP contribution >= 0.6 is 0 Å². The molecule has 0 radical (unpaired) electrons. The quantitative estimate of drug-likeness (QED) is 0.736. The maximum Gasteiger partial charge on any atom is 0.278 e. The first-order valence-corrected chi connectivity index (χ1v) is 7.85. The van der Waals surface area contributed by atoms with E-state index in [1.165, 1.54) is 0 Å². The van der Waals surface area contributed by atoms with Gasteiger partial charge in [0.05, 0.1) is 11.3 Å². The standard InChI is InChI=1S/C18H14N4O3/c1-10-13-8-11(6-7-14(13)19-17(10)24)16(23)9-22-18(25)12-4-2-3-5-15(12)20-21-22/h2-8,10H,9H2,1H3,(H,19,24)/t10-/m1/s1. The van der Waals surface area contributed by atoms with E-state index in [9.17, 15) is 14.4 Å². The Balaban J connectivity index is 1.66. The molecule has 1 amide bonds. The minimum atomic E-state index is -0.356. The first kappa shape index (κ1) is 15.2. The van der Waals surface area contributed by atoms with Gasteiger partial charge in [0.15, 0.2) is 5.78 Å². The highest BCUT2D eigenvalue weighted by atomic mass is 16.2. The van der Waals surface area contributed by atoms with Crippen molar-refractivity contribution in [3.63, 3.8) is 0 Å². The first-order valence-electron chi connectivity index (χ1n) is 7.85. The Bertz CT molecular complexity index is 1090. The zero-order chi connectivity index (χ0) is 17.6. The molecule has 0 unspecified atom stereocenters. The largest absolute Gasteiger partial charge is 0.325 e. The summed E-state index contributed by atoms with van der Waals surface area (Å²) >= 11 is 0. The van der Waals surface area contributed by atoms with Crippen LogP contribution in [0, 0.1) is 0 Å². The van der Waals surface area contributed by atoms with Crippen molar-refractivity contribution in [1.29, 1.82) is 0 Å². The van der Waals surface area contributed by atoms with E-state index >= 15 is 0 Å². The van der Waals surface area contributed by atoms with Crippen molar-refractivity contribution in [3.05, 3.63) is 63.9 Å². The second-order valence-electron chi connectivity index (χ2n) is 6.01. The van der Waals surface area contributed by atoms with Crippen LogP contribution in [-0.4, -0.2) is 26.7 Å². The highest BCUT2D eigenvalue weighted by Gasteiger charge is 2.27. The number of anilines is 1. The number of ketones is 1. The van der Waals surface area contributed by atoms with Crippen LogP contribution in [0.5, 0.6) is 0 Å². The Morgan fingerprint density at radius 3 is 2.84 bits per heavy atom. The van der Waals surface area contributed by atoms with Crippen molar-refractivity contribution in [2.24, 2.45) is 0 Å². The summed E-state index contributed by atoms with van der Waals surface area (Å²) in [4.78, 5) is 36.7. The van der Waals surface area contributed by atoms with Crippen LogP contribution in [0.1, 0.15) is 28.8 Å². The lowest BCUT2D eigenvalue weighted by molar-refractivity contribution is -0.116. The summed E-state index contributed by atoms with van der Waals surface area (Å²) in [6.45, 7) is 1.58. The molecule has 2 aromatic carbocycles. The lowest BCUT2D eigenvalue weighted by Crippen LogP contribution is -2.27. The van der Waals surface area contributed by atoms with Gasteiger partial charge in [-0.2, -0.15) is 0 Å². The van der Waals surface area contributed by atoms with Gasteiger partial charge in [-0.3, -0.25) is 14.4 Å². The summed E-state index contributed by atoms with van der Waals surface area (Å²) in [5.74, 6) is -0.650. The summed E-state index contributed by atoms with van der Waals surface area (Å²) in [5.41, 5.74) is 2.07. The average Bonchev–Trinajstić information content (AvgIpc) is 2.91. The maximum absolute atomic E-state index is 12.6. The Hall–Kier alpha value is -3.35. The number of aromatic nitrogens is 3. The summed E-state index contributed by atoms with van der Waals surface area (Å²) in [6, 6.07) is 11.9. The molecule has 0 bridgehead atoms. The maximum atomic E-state index is 12.6. The zero-order valence-corrected chi connectivity index (χ0v) is 13.4. The van der Waals surface area contributed by atoms with Gasteiger partial charge in [0.1, 0.15) is 12.1 Å². The predicted octanol–water partition coefficient (Wildman–Crippen LogP) is 1.73. The van der Waals surface area contributed by atoms with Crippen LogP contribution in [0.4, 0.5) is 5.69 Å². The van der Waals surface area contributed by atoms with Crippen LogP contribution in [-0.2, 0) is 11.3 Å². The summed E-state index contributed by atoms with van der Waals surface area (Å²) < 4.78 is 1.06. The number of carbonyl (C=O) groups is 2. The van der Waals surface area contributed by atoms with E-state index in [-0.39, 0.29) is 29.7 Å². The summed E-state index contributed by atoms with van der Waals surface area (Å²) in [6.07, 6.45) is 0. The van der Waals surface area contributed by atoms with Crippen LogP contribution in [0.2, 0.25) is 0 Å². The van der Waals surface area contributed by atoms with Crippen molar-refractivity contribution in [2.45, 2.75) is 19.4 Å². The summed E-state index contributed by atoms with van der Waals surface area (Å²) in [5, 5.41) is 11.0. The van der Waals surface area contributed by atoms with Gasteiger partial charge in [0.25, 0.3) is 5.56 Å². The highest BCUT2D eigenvalue weighted by Crippen LogP contribution is 2.32. The van der Waals surface area contributed by atoms with Gasteiger partial charge in [-0.05, 0) is 42.8 Å². The third-order valence-corrected chi connectivity index (χ3v) is 4.41. The number of fused-ring (bicyclic) bond motifs is 2. The highest BCUT2D eigenvalue weighted by molar-refractivity contribution is 6.04. The van der Waals surface area contributed by atoms with E-state index in [0.29, 0.717) is 16.5 Å². The number of hydrogen-bond acceptors (Lipinski definition) is 5. The van der Waals surface area contributed by atoms with Gasteiger partial charge in [0.2, 0.25) is 5.91 Å². The molecule has 1 aliphatic heterocycles. The molecule has 2 heterocycles. The SMILES string of the molecule is C[C@H]1C(=O)Nc2ccc(C(=O)Cn3nnc4ccccc4c3=O)cc21. The molecule has 0 spiro atoms. The van der Waals surface area contributed by atoms with Crippen LogP contribution < -0.4 is 10.9 Å². The Morgan fingerprint density at radius 1 is 1.20 bits per heavy atom. The van der Waals surface area contributed by atoms with E-state index in [2.05, 4.69) is 15.6 Å². The number of rotatable bonds is 3. The minimum Gasteiger partial charge on any atom is -0.325 e. The molecular formula is C18H14N4O3. The molecular weight excluding hydrogens is 320 g/mol. The normalized spacial score (nSPS) is 15.9. The van der Waals surface area contributed by atoms with Crippen LogP contribution in [0.3, 0.4) is 0 Å². The zero-order valence-electron chi connectivity index (χ0n) is 13.4. The molecule has 1 N–H and O–H groups in total. The Labute approximate surface area is 142 Å². The third-order valence-electron chi connectivity index (χ3n) is 4.41. The third kappa shape index (κ3) is 2.50. The predicted molar refractivity (Wildman–Crippen MR) is 91.6 cm³/mol. The molecule has 1 atom stereocenters. The van der Waals surface area contributed by atoms with Crippen molar-refractivity contribution in [3.8, 4) is 0 Å². The number of carbonyl (C=O) groups excluding carboxylic acids is 2. The number of nitrogens with one attached hydrogen (secondary N) is 1. The van der Waals surface area contributed by atoms with E-state index in [1.807, 2.05) is 0 Å². The lowest BCUT2D eigenvalue weighted by Gasteiger charge is -2.07. The number of Topliss-reactive ketones (excluding diaryl/α,β-unsaturated/α-hetero) is 1. The van der Waals surface area contributed by atoms with Gasteiger partial charge >= 0.3 is 0 Å². The molecule has 0 fully saturated rings. The summed E-state index contributed by atoms with van der Waals surface area (Å²) in [7, 11) is 0. The Kier molecular flexibility index (Phi) is 3.42. The lowest BCUT2D eigenvalue weighted by atomic mass is 9.99. The van der Waals surface area contributed by atoms with E-state index < -0.39 is 0 Å². The average molecular weight is 334 g/mol. The van der Waals surface area contributed by atoms with E-state index in [4.69, 9.17) is 0 Å². The second-order valence-corrected chi connectivity index (χ2v) is 6.01. The second kappa shape index (κ2) is 5.62. The topological polar surface area (TPSA) is 93.9 Å². The molecule has 4 rings (SSSR count). The first-order chi connectivity index (χ1) is 12.0. The van der Waals surface area contributed by atoms with Crippen LogP contribution in [0.25, 0.3) is 10.9 Å². The monoisotopic (exact) mass is 334 g/mol. The molecule has 0 saturated carbocycles. The smallest absolute Gasteiger partial charge is 0.278 e. The van der Waals surface area contributed by atoms with Gasteiger partial charge in [-0.1, -0.05) is 17.3 Å². The minimum absolute atomic E-state index is 0.0868. The molecule has 3 aromatic rings. The number of amides is 1. The molecule has 1 aromatic heterocycles.